The van der Waals surface area contributed by atoms with E-state index in [4.69, 9.17) is 15.2 Å². The summed E-state index contributed by atoms with van der Waals surface area (Å²) in [6.45, 7) is 0.287. The van der Waals surface area contributed by atoms with Crippen molar-refractivity contribution >= 4 is 0 Å². The van der Waals surface area contributed by atoms with E-state index in [1.165, 1.54) is 0 Å². The zero-order valence-electron chi connectivity index (χ0n) is 6.04. The lowest BCUT2D eigenvalue weighted by Gasteiger charge is -1.98. The number of allylic oxidation sites excluding steroid dienone is 3. The van der Waals surface area contributed by atoms with Crippen molar-refractivity contribution in [3.8, 4) is 0 Å². The van der Waals surface area contributed by atoms with Gasteiger partial charge in [-0.05, 0) is 6.08 Å². The molecule has 0 radical (unpaired) electrons. The van der Waals surface area contributed by atoms with E-state index in [1.807, 2.05) is 18.2 Å². The molecule has 1 aliphatic carbocycles. The molecule has 0 aromatic carbocycles. The second-order valence-corrected chi connectivity index (χ2v) is 2.42. The Hall–Kier alpha value is -1.38. The maximum atomic E-state index is 5.70. The molecule has 11 heavy (non-hydrogen) atoms. The van der Waals surface area contributed by atoms with E-state index in [0.29, 0.717) is 5.76 Å². The highest BCUT2D eigenvalue weighted by atomic mass is 16.7. The SMILES string of the molecule is NC1=C2OCOC2=CC=CC1. The highest BCUT2D eigenvalue weighted by Crippen LogP contribution is 2.25. The molecule has 2 aliphatic rings. The van der Waals surface area contributed by atoms with Crippen molar-refractivity contribution in [2.75, 3.05) is 6.79 Å². The molecule has 2 N–H and O–H groups in total. The number of fused-ring (bicyclic) bond motifs is 1. The number of hydrogen-bond donors (Lipinski definition) is 1. The molecule has 3 nitrogen and oxygen atoms in total. The monoisotopic (exact) mass is 151 g/mol. The van der Waals surface area contributed by atoms with Gasteiger partial charge in [-0.25, -0.2) is 0 Å². The Bertz CT molecular complexity index is 263. The molecule has 1 aliphatic heterocycles. The fraction of sp³-hybridized carbons (Fsp3) is 0.250. The average molecular weight is 151 g/mol. The summed E-state index contributed by atoms with van der Waals surface area (Å²) in [5.74, 6) is 1.45. The average Bonchev–Trinajstić information content (AvgIpc) is 2.40. The molecule has 1 heterocycles. The predicted octanol–water partition coefficient (Wildman–Crippen LogP) is 1.00. The highest BCUT2D eigenvalue weighted by molar-refractivity contribution is 5.33. The van der Waals surface area contributed by atoms with E-state index in [9.17, 15) is 0 Å². The number of ether oxygens (including phenoxy) is 2. The van der Waals surface area contributed by atoms with Gasteiger partial charge in [0.05, 0.1) is 5.70 Å². The molecule has 0 atom stereocenters. The van der Waals surface area contributed by atoms with Crippen molar-refractivity contribution in [2.45, 2.75) is 6.42 Å². The molecule has 0 bridgehead atoms. The first-order valence-corrected chi connectivity index (χ1v) is 3.49. The van der Waals surface area contributed by atoms with Gasteiger partial charge in [0, 0.05) is 6.42 Å². The second kappa shape index (κ2) is 2.34. The molecule has 0 aromatic rings. The first kappa shape index (κ1) is 6.34. The van der Waals surface area contributed by atoms with Crippen LogP contribution < -0.4 is 5.73 Å². The molecule has 58 valence electrons. The molecule has 1 saturated heterocycles. The lowest BCUT2D eigenvalue weighted by atomic mass is 10.3. The van der Waals surface area contributed by atoms with Gasteiger partial charge < -0.3 is 15.2 Å². The van der Waals surface area contributed by atoms with Gasteiger partial charge in [-0.1, -0.05) is 12.2 Å². The Morgan fingerprint density at radius 1 is 1.36 bits per heavy atom. The van der Waals surface area contributed by atoms with Crippen LogP contribution in [-0.2, 0) is 9.47 Å². The van der Waals surface area contributed by atoms with Crippen molar-refractivity contribution in [1.29, 1.82) is 0 Å². The summed E-state index contributed by atoms with van der Waals surface area (Å²) in [6.07, 6.45) is 6.49. The largest absolute Gasteiger partial charge is 0.454 e. The summed E-state index contributed by atoms with van der Waals surface area (Å²) >= 11 is 0. The van der Waals surface area contributed by atoms with Crippen LogP contribution in [0, 0.1) is 0 Å². The molecule has 0 spiro atoms. The van der Waals surface area contributed by atoms with Crippen LogP contribution in [0.4, 0.5) is 0 Å². The summed E-state index contributed by atoms with van der Waals surface area (Å²) < 4.78 is 10.3. The second-order valence-electron chi connectivity index (χ2n) is 2.42. The normalized spacial score (nSPS) is 21.6. The topological polar surface area (TPSA) is 44.5 Å². The van der Waals surface area contributed by atoms with Crippen LogP contribution in [0.3, 0.4) is 0 Å². The molecule has 0 saturated carbocycles. The smallest absolute Gasteiger partial charge is 0.231 e. The van der Waals surface area contributed by atoms with Gasteiger partial charge in [-0.15, -0.1) is 0 Å². The Balaban J connectivity index is 2.43. The van der Waals surface area contributed by atoms with Crippen molar-refractivity contribution in [3.63, 3.8) is 0 Å². The Morgan fingerprint density at radius 3 is 3.18 bits per heavy atom. The van der Waals surface area contributed by atoms with Crippen LogP contribution in [0.25, 0.3) is 0 Å². The van der Waals surface area contributed by atoms with Gasteiger partial charge in [-0.3, -0.25) is 0 Å². The molecular weight excluding hydrogens is 142 g/mol. The van der Waals surface area contributed by atoms with Crippen LogP contribution >= 0.6 is 0 Å². The first-order valence-electron chi connectivity index (χ1n) is 3.49. The van der Waals surface area contributed by atoms with Gasteiger partial charge in [0.1, 0.15) is 0 Å². The summed E-state index contributed by atoms with van der Waals surface area (Å²) in [6, 6.07) is 0. The molecule has 0 amide bonds. The lowest BCUT2D eigenvalue weighted by Crippen LogP contribution is -2.01. The fourth-order valence-electron chi connectivity index (χ4n) is 1.11. The summed E-state index contributed by atoms with van der Waals surface area (Å²) in [5, 5.41) is 0. The molecule has 0 aromatic heterocycles. The zero-order chi connectivity index (χ0) is 7.68. The maximum Gasteiger partial charge on any atom is 0.231 e. The minimum atomic E-state index is 0.287. The van der Waals surface area contributed by atoms with E-state index in [0.717, 1.165) is 17.9 Å². The van der Waals surface area contributed by atoms with Crippen LogP contribution in [0.15, 0.2) is 35.4 Å². The van der Waals surface area contributed by atoms with Crippen LogP contribution in [0.1, 0.15) is 6.42 Å². The van der Waals surface area contributed by atoms with Crippen molar-refractivity contribution in [2.24, 2.45) is 5.73 Å². The number of hydrogen-bond acceptors (Lipinski definition) is 3. The maximum absolute atomic E-state index is 5.70. The first-order chi connectivity index (χ1) is 5.38. The Morgan fingerprint density at radius 2 is 2.27 bits per heavy atom. The fourth-order valence-corrected chi connectivity index (χ4v) is 1.11. The van der Waals surface area contributed by atoms with E-state index < -0.39 is 0 Å². The Labute approximate surface area is 64.8 Å². The molecule has 3 heteroatoms. The number of rotatable bonds is 0. The molecule has 1 fully saturated rings. The summed E-state index contributed by atoms with van der Waals surface area (Å²) in [7, 11) is 0. The summed E-state index contributed by atoms with van der Waals surface area (Å²) in [5.41, 5.74) is 6.44. The standard InChI is InChI=1S/C8H9NO2/c9-6-3-1-2-4-7-8(6)11-5-10-7/h1-2,4H,3,5,9H2. The van der Waals surface area contributed by atoms with E-state index in [-0.39, 0.29) is 6.79 Å². The van der Waals surface area contributed by atoms with Crippen LogP contribution in [0.5, 0.6) is 0 Å². The van der Waals surface area contributed by atoms with Crippen molar-refractivity contribution < 1.29 is 9.47 Å². The van der Waals surface area contributed by atoms with Crippen LogP contribution in [-0.4, -0.2) is 6.79 Å². The van der Waals surface area contributed by atoms with Gasteiger partial charge >= 0.3 is 0 Å². The minimum Gasteiger partial charge on any atom is -0.454 e. The van der Waals surface area contributed by atoms with E-state index >= 15 is 0 Å². The van der Waals surface area contributed by atoms with Gasteiger partial charge in [0.15, 0.2) is 11.5 Å². The highest BCUT2D eigenvalue weighted by Gasteiger charge is 2.19. The Kier molecular flexibility index (Phi) is 1.35. The van der Waals surface area contributed by atoms with E-state index in [2.05, 4.69) is 0 Å². The third-order valence-electron chi connectivity index (χ3n) is 1.65. The van der Waals surface area contributed by atoms with Crippen LogP contribution in [0.2, 0.25) is 0 Å². The van der Waals surface area contributed by atoms with Crippen molar-refractivity contribution in [3.05, 3.63) is 35.4 Å². The van der Waals surface area contributed by atoms with Gasteiger partial charge in [-0.2, -0.15) is 0 Å². The quantitative estimate of drug-likeness (QED) is 0.561. The van der Waals surface area contributed by atoms with Crippen molar-refractivity contribution in [1.82, 2.24) is 0 Å². The molecule has 2 rings (SSSR count). The van der Waals surface area contributed by atoms with E-state index in [1.54, 1.807) is 0 Å². The number of nitrogens with two attached hydrogens (primary N) is 1. The predicted molar refractivity (Wildman–Crippen MR) is 40.1 cm³/mol. The third-order valence-corrected chi connectivity index (χ3v) is 1.65. The molecular formula is C8H9NO2. The van der Waals surface area contributed by atoms with Gasteiger partial charge in [0.2, 0.25) is 6.79 Å². The third kappa shape index (κ3) is 0.981. The van der Waals surface area contributed by atoms with Gasteiger partial charge in [0.25, 0.3) is 0 Å². The minimum absolute atomic E-state index is 0.287. The lowest BCUT2D eigenvalue weighted by molar-refractivity contribution is 0.0968. The molecule has 0 unspecified atom stereocenters. The summed E-state index contributed by atoms with van der Waals surface area (Å²) in [4.78, 5) is 0. The zero-order valence-corrected chi connectivity index (χ0v) is 6.04.